The van der Waals surface area contributed by atoms with E-state index in [-0.39, 0.29) is 17.4 Å². The fourth-order valence-corrected chi connectivity index (χ4v) is 3.65. The van der Waals surface area contributed by atoms with Crippen LogP contribution in [0, 0.1) is 0 Å². The maximum atomic E-state index is 12.3. The monoisotopic (exact) mass is 408 g/mol. The predicted molar refractivity (Wildman–Crippen MR) is 115 cm³/mol. The number of rotatable bonds is 6. The van der Waals surface area contributed by atoms with Crippen LogP contribution >= 0.6 is 0 Å². The van der Waals surface area contributed by atoms with Gasteiger partial charge >= 0.3 is 5.63 Å². The summed E-state index contributed by atoms with van der Waals surface area (Å²) in [5.41, 5.74) is 0.901. The molecule has 2 heterocycles. The summed E-state index contributed by atoms with van der Waals surface area (Å²) in [6.45, 7) is 3.38. The molecule has 3 aromatic rings. The Morgan fingerprint density at radius 2 is 1.90 bits per heavy atom. The van der Waals surface area contributed by atoms with Gasteiger partial charge in [-0.05, 0) is 29.8 Å². The second-order valence-corrected chi connectivity index (χ2v) is 7.08. The highest BCUT2D eigenvalue weighted by Crippen LogP contribution is 2.26. The Kier molecular flexibility index (Phi) is 6.11. The van der Waals surface area contributed by atoms with Crippen LogP contribution < -0.4 is 10.4 Å². The maximum absolute atomic E-state index is 12.3. The average molecular weight is 408 g/mol. The Balaban J connectivity index is 1.61. The minimum atomic E-state index is -0.609. The summed E-state index contributed by atoms with van der Waals surface area (Å²) in [5.74, 6) is 0.680. The highest BCUT2D eigenvalue weighted by Gasteiger charge is 2.22. The quantitative estimate of drug-likeness (QED) is 0.499. The smallest absolute Gasteiger partial charge is 0.348 e. The molecule has 1 fully saturated rings. The summed E-state index contributed by atoms with van der Waals surface area (Å²) in [5, 5.41) is 11.0. The van der Waals surface area contributed by atoms with Gasteiger partial charge in [0.05, 0.1) is 38.3 Å². The third-order valence-electron chi connectivity index (χ3n) is 5.31. The van der Waals surface area contributed by atoms with Crippen molar-refractivity contribution in [2.45, 2.75) is 6.04 Å². The van der Waals surface area contributed by atoms with E-state index in [1.807, 2.05) is 24.3 Å². The van der Waals surface area contributed by atoms with E-state index in [0.717, 1.165) is 24.4 Å². The van der Waals surface area contributed by atoms with Gasteiger partial charge in [-0.15, -0.1) is 0 Å². The first-order valence-corrected chi connectivity index (χ1v) is 9.88. The molecular weight excluding hydrogens is 384 g/mol. The third-order valence-corrected chi connectivity index (χ3v) is 5.31. The molecule has 1 aromatic heterocycles. The number of methoxy groups -OCH3 is 1. The molecule has 1 saturated heterocycles. The number of benzene rings is 2. The van der Waals surface area contributed by atoms with Crippen molar-refractivity contribution in [3.05, 3.63) is 70.1 Å². The van der Waals surface area contributed by atoms with E-state index >= 15 is 0 Å². The number of aromatic hydroxyl groups is 1. The molecule has 7 heteroatoms. The van der Waals surface area contributed by atoms with Gasteiger partial charge in [0.15, 0.2) is 0 Å². The molecule has 0 spiro atoms. The SMILES string of the molecule is COc1ccc(C(CN=Cc2c(O)c3ccccc3oc2=O)N2CCOCC2)cc1. The van der Waals surface area contributed by atoms with Gasteiger partial charge in [-0.3, -0.25) is 9.89 Å². The van der Waals surface area contributed by atoms with Crippen molar-refractivity contribution < 1.29 is 19.0 Å². The topological polar surface area (TPSA) is 84.5 Å². The Hall–Kier alpha value is -3.16. The van der Waals surface area contributed by atoms with Gasteiger partial charge in [-0.25, -0.2) is 4.79 Å². The van der Waals surface area contributed by atoms with Gasteiger partial charge < -0.3 is 19.0 Å². The minimum Gasteiger partial charge on any atom is -0.506 e. The molecule has 0 saturated carbocycles. The van der Waals surface area contributed by atoms with Crippen LogP contribution in [0.1, 0.15) is 17.2 Å². The van der Waals surface area contributed by atoms with E-state index in [4.69, 9.17) is 13.9 Å². The fraction of sp³-hybridized carbons (Fsp3) is 0.304. The largest absolute Gasteiger partial charge is 0.506 e. The van der Waals surface area contributed by atoms with Crippen LogP contribution in [0.15, 0.2) is 62.7 Å². The lowest BCUT2D eigenvalue weighted by Crippen LogP contribution is -2.40. The lowest BCUT2D eigenvalue weighted by Gasteiger charge is -2.34. The highest BCUT2D eigenvalue weighted by atomic mass is 16.5. The molecule has 1 N–H and O–H groups in total. The fourth-order valence-electron chi connectivity index (χ4n) is 3.65. The summed E-state index contributed by atoms with van der Waals surface area (Å²) in [6, 6.07) is 14.8. The summed E-state index contributed by atoms with van der Waals surface area (Å²) in [7, 11) is 1.64. The number of hydrogen-bond acceptors (Lipinski definition) is 7. The molecule has 0 radical (unpaired) electrons. The zero-order valence-electron chi connectivity index (χ0n) is 16.8. The Bertz CT molecular complexity index is 1080. The van der Waals surface area contributed by atoms with Crippen molar-refractivity contribution in [3.8, 4) is 11.5 Å². The Morgan fingerprint density at radius 3 is 2.63 bits per heavy atom. The molecule has 2 aromatic carbocycles. The zero-order chi connectivity index (χ0) is 20.9. The van der Waals surface area contributed by atoms with Gasteiger partial charge in [0.25, 0.3) is 0 Å². The standard InChI is InChI=1S/C23H24N2O5/c1-28-17-8-6-16(7-9-17)20(25-10-12-29-13-11-25)15-24-14-19-22(26)18-4-2-3-5-21(18)30-23(19)27/h2-9,14,20,26H,10-13,15H2,1H3. The summed E-state index contributed by atoms with van der Waals surface area (Å²) in [4.78, 5) is 19.1. The molecular formula is C23H24N2O5. The normalized spacial score (nSPS) is 16.2. The van der Waals surface area contributed by atoms with Gasteiger partial charge in [0, 0.05) is 19.3 Å². The number of hydrogen-bond donors (Lipinski definition) is 1. The van der Waals surface area contributed by atoms with E-state index in [1.54, 1.807) is 31.4 Å². The van der Waals surface area contributed by atoms with Crippen molar-refractivity contribution in [2.24, 2.45) is 4.99 Å². The van der Waals surface area contributed by atoms with Gasteiger partial charge in [-0.1, -0.05) is 24.3 Å². The summed E-state index contributed by atoms with van der Waals surface area (Å²) < 4.78 is 16.1. The molecule has 0 amide bonds. The van der Waals surface area contributed by atoms with Crippen LogP contribution in [0.5, 0.6) is 11.5 Å². The Labute approximate surface area is 174 Å². The van der Waals surface area contributed by atoms with E-state index < -0.39 is 5.63 Å². The van der Waals surface area contributed by atoms with Crippen LogP contribution in [0.25, 0.3) is 11.0 Å². The van der Waals surface area contributed by atoms with Crippen molar-refractivity contribution >= 4 is 17.2 Å². The number of fused-ring (bicyclic) bond motifs is 1. The molecule has 0 bridgehead atoms. The number of aliphatic imine (C=N–C) groups is 1. The molecule has 156 valence electrons. The lowest BCUT2D eigenvalue weighted by atomic mass is 10.0. The Morgan fingerprint density at radius 1 is 1.17 bits per heavy atom. The van der Waals surface area contributed by atoms with Gasteiger partial charge in [-0.2, -0.15) is 0 Å². The molecule has 7 nitrogen and oxygen atoms in total. The molecule has 1 aliphatic heterocycles. The average Bonchev–Trinajstić information content (AvgIpc) is 2.79. The second kappa shape index (κ2) is 9.11. The van der Waals surface area contributed by atoms with E-state index in [0.29, 0.717) is 30.7 Å². The van der Waals surface area contributed by atoms with Gasteiger partial charge in [0.2, 0.25) is 0 Å². The van der Waals surface area contributed by atoms with Gasteiger partial charge in [0.1, 0.15) is 22.6 Å². The molecule has 4 rings (SSSR count). The molecule has 1 atom stereocenters. The number of morpholine rings is 1. The third kappa shape index (κ3) is 4.22. The zero-order valence-corrected chi connectivity index (χ0v) is 16.8. The van der Waals surface area contributed by atoms with E-state index in [1.165, 1.54) is 6.21 Å². The van der Waals surface area contributed by atoms with Crippen LogP contribution in [0.2, 0.25) is 0 Å². The van der Waals surface area contributed by atoms with Crippen LogP contribution in [-0.2, 0) is 4.74 Å². The van der Waals surface area contributed by atoms with Crippen LogP contribution in [-0.4, -0.2) is 56.2 Å². The van der Waals surface area contributed by atoms with E-state index in [2.05, 4.69) is 9.89 Å². The van der Waals surface area contributed by atoms with Crippen LogP contribution in [0.3, 0.4) is 0 Å². The second-order valence-electron chi connectivity index (χ2n) is 7.08. The van der Waals surface area contributed by atoms with Crippen molar-refractivity contribution in [2.75, 3.05) is 40.0 Å². The number of para-hydroxylation sites is 1. The number of ether oxygens (including phenoxy) is 2. The van der Waals surface area contributed by atoms with Crippen LogP contribution in [0.4, 0.5) is 0 Å². The first kappa shape index (κ1) is 20.1. The maximum Gasteiger partial charge on any atom is 0.348 e. The van der Waals surface area contributed by atoms with Crippen molar-refractivity contribution in [1.29, 1.82) is 0 Å². The molecule has 0 aliphatic carbocycles. The predicted octanol–water partition coefficient (Wildman–Crippen LogP) is 3.00. The lowest BCUT2D eigenvalue weighted by molar-refractivity contribution is 0.0180. The number of nitrogens with zero attached hydrogens (tertiary/aromatic N) is 2. The first-order valence-electron chi connectivity index (χ1n) is 9.88. The first-order chi connectivity index (χ1) is 14.7. The van der Waals surface area contributed by atoms with Crippen molar-refractivity contribution in [3.63, 3.8) is 0 Å². The summed E-state index contributed by atoms with van der Waals surface area (Å²) >= 11 is 0. The molecule has 1 aliphatic rings. The molecule has 30 heavy (non-hydrogen) atoms. The minimum absolute atomic E-state index is 0.0192. The van der Waals surface area contributed by atoms with Crippen molar-refractivity contribution in [1.82, 2.24) is 4.90 Å². The molecule has 1 unspecified atom stereocenters. The van der Waals surface area contributed by atoms with E-state index in [9.17, 15) is 9.90 Å². The summed E-state index contributed by atoms with van der Waals surface area (Å²) in [6.07, 6.45) is 1.41. The highest BCUT2D eigenvalue weighted by molar-refractivity contribution is 5.93.